The molecule has 4 aromatic heterocycles. The summed E-state index contributed by atoms with van der Waals surface area (Å²) < 4.78 is 7.20. The third kappa shape index (κ3) is 8.05. The van der Waals surface area contributed by atoms with Crippen LogP contribution in [0.5, 0.6) is 0 Å². The number of aryl methyl sites for hydroxylation is 1. The van der Waals surface area contributed by atoms with Gasteiger partial charge in [-0.15, -0.1) is 0 Å². The number of aromatic amines is 1. The summed E-state index contributed by atoms with van der Waals surface area (Å²) in [6, 6.07) is 16.6. The number of benzene rings is 2. The van der Waals surface area contributed by atoms with Gasteiger partial charge in [-0.1, -0.05) is 50.2 Å². The maximum Gasteiger partial charge on any atom is 0.293 e. The number of piperazine rings is 1. The van der Waals surface area contributed by atoms with Crippen LogP contribution < -0.4 is 15.5 Å². The number of fused-ring (bicyclic) bond motifs is 1. The van der Waals surface area contributed by atoms with Crippen LogP contribution >= 0.6 is 0 Å². The van der Waals surface area contributed by atoms with Crippen molar-refractivity contribution in [3.8, 4) is 22.4 Å². The van der Waals surface area contributed by atoms with Crippen molar-refractivity contribution in [1.82, 2.24) is 50.6 Å². The van der Waals surface area contributed by atoms with Crippen molar-refractivity contribution in [2.45, 2.75) is 71.4 Å². The zero-order valence-electron chi connectivity index (χ0n) is 32.9. The summed E-state index contributed by atoms with van der Waals surface area (Å²) in [5, 5.41) is 22.4. The fourth-order valence-corrected chi connectivity index (χ4v) is 7.59. The molecule has 0 bridgehead atoms. The molecule has 6 heterocycles. The normalized spacial score (nSPS) is 17.2. The van der Waals surface area contributed by atoms with E-state index in [2.05, 4.69) is 87.3 Å². The first-order valence-electron chi connectivity index (χ1n) is 19.4. The van der Waals surface area contributed by atoms with E-state index in [1.807, 2.05) is 63.8 Å². The quantitative estimate of drug-likeness (QED) is 0.154. The van der Waals surface area contributed by atoms with Crippen molar-refractivity contribution >= 4 is 34.4 Å². The van der Waals surface area contributed by atoms with E-state index in [1.54, 1.807) is 6.20 Å². The lowest BCUT2D eigenvalue weighted by molar-refractivity contribution is -0.134. The molecule has 0 radical (unpaired) electrons. The fourth-order valence-electron chi connectivity index (χ4n) is 7.59. The second-order valence-corrected chi connectivity index (χ2v) is 16.0. The van der Waals surface area contributed by atoms with Gasteiger partial charge in [0, 0.05) is 84.7 Å². The molecular formula is C42H47N11O4. The Bertz CT molecular complexity index is 2430. The van der Waals surface area contributed by atoms with Crippen molar-refractivity contribution in [3.63, 3.8) is 0 Å². The molecule has 2 atom stereocenters. The number of piperidine rings is 1. The maximum absolute atomic E-state index is 12.9. The van der Waals surface area contributed by atoms with Crippen LogP contribution in [0, 0.1) is 6.92 Å². The molecule has 0 aliphatic carbocycles. The topological polar surface area (TPSA) is 180 Å². The molecule has 2 aromatic carbocycles. The Balaban J connectivity index is 0.873. The number of nitrogens with zero attached hydrogens (tertiary/aromatic N) is 8. The van der Waals surface area contributed by atoms with Gasteiger partial charge in [-0.25, -0.2) is 4.98 Å². The number of hydrogen-bond acceptors (Lipinski definition) is 11. The third-order valence-electron chi connectivity index (χ3n) is 10.9. The number of amides is 3. The number of carbonyl (C=O) groups is 3. The monoisotopic (exact) mass is 769 g/mol. The van der Waals surface area contributed by atoms with Gasteiger partial charge >= 0.3 is 0 Å². The van der Waals surface area contributed by atoms with Crippen molar-refractivity contribution in [2.24, 2.45) is 0 Å². The van der Waals surface area contributed by atoms with Gasteiger partial charge in [-0.05, 0) is 61.2 Å². The standard InChI is InChI=1S/C42H47N11O4/c1-25-20-28(8-11-32(25)26(2)45-40(56)38-47-41(57-50-38)42(3,4)5)36-34-21-29(22-43-37(34)49-48-36)27-6-9-31(10-7-27)52-17-14-51(15-18-52)16-19-53-24-30(23-44-53)33-12-13-35(54)46-39(33)55/h6-11,20-24,26,33H,12-19H2,1-5H3,(H,45,56)(H,43,48,49)(H,46,54,55)/t26-,33?/m1/s1. The Morgan fingerprint density at radius 1 is 0.982 bits per heavy atom. The summed E-state index contributed by atoms with van der Waals surface area (Å²) in [5.74, 6) is -0.704. The zero-order chi connectivity index (χ0) is 39.8. The average Bonchev–Trinajstić information content (AvgIpc) is 3.98. The molecule has 15 heteroatoms. The molecule has 15 nitrogen and oxygen atoms in total. The van der Waals surface area contributed by atoms with Crippen LogP contribution in [-0.4, -0.2) is 90.4 Å². The number of rotatable bonds is 10. The number of hydrogen-bond donors (Lipinski definition) is 3. The Morgan fingerprint density at radius 2 is 1.75 bits per heavy atom. The zero-order valence-corrected chi connectivity index (χ0v) is 32.9. The molecular weight excluding hydrogens is 723 g/mol. The van der Waals surface area contributed by atoms with Crippen LogP contribution in [0.25, 0.3) is 33.4 Å². The molecule has 57 heavy (non-hydrogen) atoms. The van der Waals surface area contributed by atoms with Crippen molar-refractivity contribution in [2.75, 3.05) is 37.6 Å². The number of imide groups is 1. The van der Waals surface area contributed by atoms with E-state index in [0.29, 0.717) is 24.4 Å². The first-order valence-corrected chi connectivity index (χ1v) is 19.4. The maximum atomic E-state index is 12.9. The van der Waals surface area contributed by atoms with Gasteiger partial charge < -0.3 is 14.7 Å². The van der Waals surface area contributed by atoms with Gasteiger partial charge in [-0.3, -0.25) is 34.4 Å². The molecule has 0 spiro atoms. The van der Waals surface area contributed by atoms with Crippen molar-refractivity contribution < 1.29 is 18.9 Å². The van der Waals surface area contributed by atoms with E-state index >= 15 is 0 Å². The molecule has 2 aliphatic heterocycles. The summed E-state index contributed by atoms with van der Waals surface area (Å²) in [7, 11) is 0. The van der Waals surface area contributed by atoms with E-state index in [9.17, 15) is 14.4 Å². The molecule has 2 fully saturated rings. The number of anilines is 1. The Kier molecular flexibility index (Phi) is 10.2. The molecule has 3 N–H and O–H groups in total. The number of carbonyl (C=O) groups excluding carboxylic acids is 3. The molecule has 2 aliphatic rings. The van der Waals surface area contributed by atoms with Crippen LogP contribution in [0.2, 0.25) is 0 Å². The van der Waals surface area contributed by atoms with Crippen LogP contribution in [0.1, 0.15) is 85.7 Å². The molecule has 2 saturated heterocycles. The van der Waals surface area contributed by atoms with Crippen LogP contribution in [0.3, 0.4) is 0 Å². The lowest BCUT2D eigenvalue weighted by atomic mass is 9.93. The highest BCUT2D eigenvalue weighted by Crippen LogP contribution is 2.32. The predicted octanol–water partition coefficient (Wildman–Crippen LogP) is 5.31. The van der Waals surface area contributed by atoms with Gasteiger partial charge in [0.15, 0.2) is 5.65 Å². The number of aromatic nitrogens is 7. The lowest BCUT2D eigenvalue weighted by Crippen LogP contribution is -2.47. The first kappa shape index (κ1) is 37.7. The minimum absolute atomic E-state index is 0.0191. The van der Waals surface area contributed by atoms with Gasteiger partial charge in [-0.2, -0.15) is 15.2 Å². The van der Waals surface area contributed by atoms with Gasteiger partial charge in [0.05, 0.1) is 30.4 Å². The molecule has 294 valence electrons. The Labute approximate surface area is 330 Å². The molecule has 3 amide bonds. The number of nitrogens with one attached hydrogen (secondary N) is 3. The van der Waals surface area contributed by atoms with E-state index in [0.717, 1.165) is 83.7 Å². The van der Waals surface area contributed by atoms with E-state index in [4.69, 9.17) is 4.52 Å². The molecule has 1 unspecified atom stereocenters. The average molecular weight is 770 g/mol. The number of pyridine rings is 1. The van der Waals surface area contributed by atoms with Crippen LogP contribution in [0.15, 0.2) is 71.6 Å². The van der Waals surface area contributed by atoms with E-state index in [-0.39, 0.29) is 40.9 Å². The minimum atomic E-state index is -0.387. The van der Waals surface area contributed by atoms with E-state index in [1.165, 1.54) is 5.69 Å². The van der Waals surface area contributed by atoms with Gasteiger partial charge in [0.25, 0.3) is 11.7 Å². The van der Waals surface area contributed by atoms with Crippen molar-refractivity contribution in [3.05, 3.63) is 95.5 Å². The molecule has 6 aromatic rings. The summed E-state index contributed by atoms with van der Waals surface area (Å²) in [6.07, 6.45) is 6.44. The highest BCUT2D eigenvalue weighted by Gasteiger charge is 2.29. The summed E-state index contributed by atoms with van der Waals surface area (Å²) >= 11 is 0. The van der Waals surface area contributed by atoms with Crippen LogP contribution in [-0.2, 0) is 21.5 Å². The van der Waals surface area contributed by atoms with Gasteiger partial charge in [0.2, 0.25) is 17.7 Å². The predicted molar refractivity (Wildman–Crippen MR) is 214 cm³/mol. The second kappa shape index (κ2) is 15.4. The summed E-state index contributed by atoms with van der Waals surface area (Å²) in [4.78, 5) is 50.5. The fraction of sp³-hybridized carbons (Fsp3) is 0.381. The molecule has 0 saturated carbocycles. The van der Waals surface area contributed by atoms with Crippen molar-refractivity contribution in [1.29, 1.82) is 0 Å². The first-order chi connectivity index (χ1) is 27.4. The number of H-pyrrole nitrogens is 1. The summed E-state index contributed by atoms with van der Waals surface area (Å²) in [6.45, 7) is 15.2. The van der Waals surface area contributed by atoms with Crippen LogP contribution in [0.4, 0.5) is 5.69 Å². The second-order valence-electron chi connectivity index (χ2n) is 16.0. The smallest absolute Gasteiger partial charge is 0.293 e. The Morgan fingerprint density at radius 3 is 2.47 bits per heavy atom. The highest BCUT2D eigenvalue weighted by molar-refractivity contribution is 6.01. The van der Waals surface area contributed by atoms with E-state index < -0.39 is 0 Å². The SMILES string of the molecule is Cc1cc(-c2[nH]nc3ncc(-c4ccc(N5CCN(CCn6cc(C7CCC(=O)NC7=O)cn6)CC5)cc4)cc23)ccc1[C@@H](C)NC(=O)c1noc(C(C)(C)C)n1. The Hall–Kier alpha value is -6.22. The third-order valence-corrected chi connectivity index (χ3v) is 10.9. The lowest BCUT2D eigenvalue weighted by Gasteiger charge is -2.36. The summed E-state index contributed by atoms with van der Waals surface area (Å²) in [5.41, 5.74) is 8.27. The highest BCUT2D eigenvalue weighted by atomic mass is 16.5. The largest absolute Gasteiger partial charge is 0.369 e. The van der Waals surface area contributed by atoms with Gasteiger partial charge in [0.1, 0.15) is 0 Å². The minimum Gasteiger partial charge on any atom is -0.369 e. The molecule has 8 rings (SSSR count).